The second kappa shape index (κ2) is 5.26. The van der Waals surface area contributed by atoms with Crippen molar-refractivity contribution >= 4 is 11.9 Å². The van der Waals surface area contributed by atoms with Gasteiger partial charge in [0.25, 0.3) is 0 Å². The molecule has 102 valence electrons. The van der Waals surface area contributed by atoms with Crippen molar-refractivity contribution in [3.63, 3.8) is 0 Å². The highest BCUT2D eigenvalue weighted by Crippen LogP contribution is 2.44. The van der Waals surface area contributed by atoms with Crippen LogP contribution in [0.15, 0.2) is 0 Å². The van der Waals surface area contributed by atoms with Gasteiger partial charge < -0.3 is 10.8 Å². The van der Waals surface area contributed by atoms with Crippen LogP contribution in [-0.2, 0) is 9.59 Å². The van der Waals surface area contributed by atoms with E-state index in [-0.39, 0.29) is 6.42 Å². The van der Waals surface area contributed by atoms with Crippen LogP contribution in [-0.4, -0.2) is 41.0 Å². The summed E-state index contributed by atoms with van der Waals surface area (Å²) in [5.74, 6) is -1.25. The number of aliphatic carboxylic acids is 1. The molecule has 1 saturated carbocycles. The Bertz CT molecular complexity index is 329. The molecular formula is C13H22N2O3. The van der Waals surface area contributed by atoms with Gasteiger partial charge in [-0.15, -0.1) is 0 Å². The second-order valence-electron chi connectivity index (χ2n) is 5.82. The third-order valence-electron chi connectivity index (χ3n) is 4.38. The molecule has 0 aromatic rings. The lowest BCUT2D eigenvalue weighted by molar-refractivity contribution is -0.151. The molecule has 2 rings (SSSR count). The fraction of sp³-hybridized carbons (Fsp3) is 0.846. The van der Waals surface area contributed by atoms with Gasteiger partial charge in [0.15, 0.2) is 0 Å². The van der Waals surface area contributed by atoms with Gasteiger partial charge in [-0.2, -0.15) is 0 Å². The van der Waals surface area contributed by atoms with Gasteiger partial charge in [-0.1, -0.05) is 19.3 Å². The summed E-state index contributed by atoms with van der Waals surface area (Å²) >= 11 is 0. The average Bonchev–Trinajstić information content (AvgIpc) is 2.27. The van der Waals surface area contributed by atoms with Crippen LogP contribution in [0.3, 0.4) is 0 Å². The van der Waals surface area contributed by atoms with E-state index < -0.39 is 17.9 Å². The molecule has 1 atom stereocenters. The number of carboxylic acid groups (broad SMARTS) is 1. The predicted molar refractivity (Wildman–Crippen MR) is 66.9 cm³/mol. The number of nitrogens with two attached hydrogens (primary N) is 1. The topological polar surface area (TPSA) is 83.6 Å². The van der Waals surface area contributed by atoms with Crippen LogP contribution in [0.1, 0.15) is 44.9 Å². The summed E-state index contributed by atoms with van der Waals surface area (Å²) in [4.78, 5) is 24.0. The lowest BCUT2D eigenvalue weighted by atomic mass is 9.68. The number of carbonyl (C=O) groups is 2. The second-order valence-corrected chi connectivity index (χ2v) is 5.82. The van der Waals surface area contributed by atoms with Gasteiger partial charge in [0.1, 0.15) is 6.04 Å². The summed E-state index contributed by atoms with van der Waals surface area (Å²) < 4.78 is 0. The van der Waals surface area contributed by atoms with Crippen LogP contribution in [0.2, 0.25) is 0 Å². The number of carboxylic acids is 1. The summed E-state index contributed by atoms with van der Waals surface area (Å²) in [5.41, 5.74) is 5.46. The van der Waals surface area contributed by atoms with E-state index in [1.54, 1.807) is 0 Å². The van der Waals surface area contributed by atoms with E-state index in [1.165, 1.54) is 32.1 Å². The molecule has 0 bridgehead atoms. The maximum Gasteiger partial charge on any atom is 0.320 e. The molecule has 0 aromatic heterocycles. The number of hydrogen-bond donors (Lipinski definition) is 2. The van der Waals surface area contributed by atoms with Crippen molar-refractivity contribution < 1.29 is 14.7 Å². The molecule has 2 aliphatic rings. The van der Waals surface area contributed by atoms with Crippen molar-refractivity contribution in [1.82, 2.24) is 4.90 Å². The minimum atomic E-state index is -0.832. The zero-order valence-electron chi connectivity index (χ0n) is 10.7. The molecule has 1 heterocycles. The van der Waals surface area contributed by atoms with Crippen LogP contribution in [0.4, 0.5) is 0 Å². The van der Waals surface area contributed by atoms with E-state index in [0.29, 0.717) is 11.8 Å². The van der Waals surface area contributed by atoms with Gasteiger partial charge in [-0.25, -0.2) is 0 Å². The van der Waals surface area contributed by atoms with Gasteiger partial charge >= 0.3 is 5.97 Å². The molecule has 1 unspecified atom stereocenters. The summed E-state index contributed by atoms with van der Waals surface area (Å²) in [6.45, 7) is 1.76. The number of primary amides is 1. The monoisotopic (exact) mass is 254 g/mol. The Morgan fingerprint density at radius 2 is 1.83 bits per heavy atom. The molecular weight excluding hydrogens is 232 g/mol. The minimum Gasteiger partial charge on any atom is -0.480 e. The lowest BCUT2D eigenvalue weighted by Gasteiger charge is -2.54. The van der Waals surface area contributed by atoms with Crippen LogP contribution < -0.4 is 5.73 Å². The van der Waals surface area contributed by atoms with Crippen molar-refractivity contribution in [2.24, 2.45) is 11.1 Å². The number of hydrogen-bond acceptors (Lipinski definition) is 3. The standard InChI is InChI=1S/C13H22N2O3/c14-11(16)5-4-10(12(17)18)15-8-13(9-15)6-2-1-3-7-13/h10H,1-9H2,(H2,14,16)(H,17,18). The van der Waals surface area contributed by atoms with E-state index in [0.717, 1.165) is 13.1 Å². The molecule has 1 saturated heterocycles. The first-order valence-electron chi connectivity index (χ1n) is 6.78. The van der Waals surface area contributed by atoms with Crippen molar-refractivity contribution in [3.8, 4) is 0 Å². The SMILES string of the molecule is NC(=O)CCC(C(=O)O)N1CC2(CCCCC2)C1. The first-order valence-corrected chi connectivity index (χ1v) is 6.78. The number of amides is 1. The van der Waals surface area contributed by atoms with Gasteiger partial charge in [-0.05, 0) is 24.7 Å². The molecule has 0 aromatic carbocycles. The van der Waals surface area contributed by atoms with E-state index in [4.69, 9.17) is 5.73 Å². The van der Waals surface area contributed by atoms with Crippen molar-refractivity contribution in [2.75, 3.05) is 13.1 Å². The summed E-state index contributed by atoms with van der Waals surface area (Å²) in [6, 6.07) is -0.537. The summed E-state index contributed by atoms with van der Waals surface area (Å²) in [6.07, 6.45) is 6.80. The van der Waals surface area contributed by atoms with E-state index >= 15 is 0 Å². The molecule has 1 aliphatic carbocycles. The Morgan fingerprint density at radius 1 is 1.22 bits per heavy atom. The van der Waals surface area contributed by atoms with Crippen LogP contribution in [0.25, 0.3) is 0 Å². The smallest absolute Gasteiger partial charge is 0.320 e. The Morgan fingerprint density at radius 3 is 2.33 bits per heavy atom. The highest BCUT2D eigenvalue weighted by atomic mass is 16.4. The molecule has 18 heavy (non-hydrogen) atoms. The highest BCUT2D eigenvalue weighted by molar-refractivity contribution is 5.77. The van der Waals surface area contributed by atoms with E-state index in [2.05, 4.69) is 0 Å². The number of rotatable bonds is 5. The predicted octanol–water partition coefficient (Wildman–Crippen LogP) is 0.971. The van der Waals surface area contributed by atoms with Crippen molar-refractivity contribution in [1.29, 1.82) is 0 Å². The van der Waals surface area contributed by atoms with Crippen LogP contribution in [0.5, 0.6) is 0 Å². The molecule has 1 amide bonds. The first-order chi connectivity index (χ1) is 8.52. The van der Waals surface area contributed by atoms with Crippen LogP contribution >= 0.6 is 0 Å². The van der Waals surface area contributed by atoms with Crippen molar-refractivity contribution in [2.45, 2.75) is 51.0 Å². The van der Waals surface area contributed by atoms with Crippen LogP contribution in [0, 0.1) is 5.41 Å². The number of carbonyl (C=O) groups excluding carboxylic acids is 1. The van der Waals surface area contributed by atoms with Gasteiger partial charge in [0.05, 0.1) is 0 Å². The molecule has 5 heteroatoms. The summed E-state index contributed by atoms with van der Waals surface area (Å²) in [7, 11) is 0. The first kappa shape index (κ1) is 13.3. The zero-order chi connectivity index (χ0) is 13.2. The van der Waals surface area contributed by atoms with Gasteiger partial charge in [-0.3, -0.25) is 14.5 Å². The quantitative estimate of drug-likeness (QED) is 0.765. The zero-order valence-corrected chi connectivity index (χ0v) is 10.7. The highest BCUT2D eigenvalue weighted by Gasteiger charge is 2.47. The van der Waals surface area contributed by atoms with Gasteiger partial charge in [0, 0.05) is 19.5 Å². The third kappa shape index (κ3) is 2.83. The largest absolute Gasteiger partial charge is 0.480 e. The van der Waals surface area contributed by atoms with E-state index in [9.17, 15) is 14.7 Å². The molecule has 1 spiro atoms. The maximum atomic E-state index is 11.2. The molecule has 2 fully saturated rings. The Labute approximate surface area is 107 Å². The van der Waals surface area contributed by atoms with Gasteiger partial charge in [0.2, 0.25) is 5.91 Å². The fourth-order valence-corrected chi connectivity index (χ4v) is 3.39. The minimum absolute atomic E-state index is 0.153. The molecule has 5 nitrogen and oxygen atoms in total. The average molecular weight is 254 g/mol. The lowest BCUT2D eigenvalue weighted by Crippen LogP contribution is -2.62. The molecule has 0 radical (unpaired) electrons. The Balaban J connectivity index is 1.86. The maximum absolute atomic E-state index is 11.2. The Kier molecular flexibility index (Phi) is 3.90. The molecule has 3 N–H and O–H groups in total. The van der Waals surface area contributed by atoms with Crippen molar-refractivity contribution in [3.05, 3.63) is 0 Å². The molecule has 1 aliphatic heterocycles. The third-order valence-corrected chi connectivity index (χ3v) is 4.38. The normalized spacial score (nSPS) is 24.4. The number of nitrogens with zero attached hydrogens (tertiary/aromatic N) is 1. The fourth-order valence-electron chi connectivity index (χ4n) is 3.39. The van der Waals surface area contributed by atoms with E-state index in [1.807, 2.05) is 4.90 Å². The Hall–Kier alpha value is -1.10. The summed E-state index contributed by atoms with van der Waals surface area (Å²) in [5, 5.41) is 9.21. The number of likely N-dealkylation sites (tertiary alicyclic amines) is 1.